The molecule has 0 saturated carbocycles. The van der Waals surface area contributed by atoms with Crippen LogP contribution < -0.4 is 17.1 Å². The van der Waals surface area contributed by atoms with Crippen LogP contribution in [0.15, 0.2) is 78.4 Å². The Labute approximate surface area is 187 Å². The van der Waals surface area contributed by atoms with Crippen LogP contribution in [-0.4, -0.2) is 39.7 Å². The highest BCUT2D eigenvalue weighted by Gasteiger charge is 2.24. The van der Waals surface area contributed by atoms with Crippen molar-refractivity contribution >= 4 is 29.3 Å². The van der Waals surface area contributed by atoms with Crippen molar-refractivity contribution < 1.29 is 26.5 Å². The van der Waals surface area contributed by atoms with E-state index < -0.39 is 0 Å². The Balaban J connectivity index is 0.00000256. The molecular formula is C23H21Cl2N3O2. The van der Waals surface area contributed by atoms with Gasteiger partial charge in [-0.05, 0) is 36.8 Å². The van der Waals surface area contributed by atoms with Crippen molar-refractivity contribution in [3.05, 3.63) is 89.7 Å². The van der Waals surface area contributed by atoms with Gasteiger partial charge in [0.1, 0.15) is 23.4 Å². The third-order valence-corrected chi connectivity index (χ3v) is 5.07. The van der Waals surface area contributed by atoms with E-state index in [2.05, 4.69) is 34.1 Å². The number of carbonyl (C=O) groups excluding carboxylic acids is 1. The zero-order valence-electron chi connectivity index (χ0n) is 16.2. The minimum Gasteiger partial charge on any atom is -1.00 e. The van der Waals surface area contributed by atoms with Gasteiger partial charge >= 0.3 is 0 Å². The number of unbranched alkanes of at least 4 members (excludes halogenated alkanes) is 1. The summed E-state index contributed by atoms with van der Waals surface area (Å²) in [5.74, 6) is 0.388. The molecule has 1 aromatic heterocycles. The van der Waals surface area contributed by atoms with Gasteiger partial charge in [0.15, 0.2) is 12.7 Å². The number of rotatable bonds is 5. The Morgan fingerprint density at radius 1 is 1.20 bits per heavy atom. The fourth-order valence-electron chi connectivity index (χ4n) is 3.25. The number of pyridine rings is 1. The SMILES string of the molecule is O=C1c2ccccc2OC=C(Cl)N1CCCC=[N+]1C=CC(c2ccccn2)=CC1.[Cl-]. The van der Waals surface area contributed by atoms with Gasteiger partial charge in [0.2, 0.25) is 0 Å². The molecule has 0 spiro atoms. The fraction of sp³-hybridized carbons (Fsp3) is 0.174. The maximum Gasteiger partial charge on any atom is 0.262 e. The Kier molecular flexibility index (Phi) is 7.44. The monoisotopic (exact) mass is 441 g/mol. The predicted octanol–water partition coefficient (Wildman–Crippen LogP) is 1.43. The van der Waals surface area contributed by atoms with Crippen molar-refractivity contribution in [2.75, 3.05) is 13.1 Å². The maximum absolute atomic E-state index is 12.8. The van der Waals surface area contributed by atoms with Crippen LogP contribution in [0.5, 0.6) is 5.75 Å². The number of amides is 1. The van der Waals surface area contributed by atoms with Crippen molar-refractivity contribution in [3.8, 4) is 5.75 Å². The largest absolute Gasteiger partial charge is 1.00 e. The zero-order valence-corrected chi connectivity index (χ0v) is 17.8. The molecule has 7 heteroatoms. The first kappa shape index (κ1) is 21.8. The van der Waals surface area contributed by atoms with Crippen molar-refractivity contribution in [2.45, 2.75) is 12.8 Å². The van der Waals surface area contributed by atoms with Crippen LogP contribution in [0.4, 0.5) is 0 Å². The van der Waals surface area contributed by atoms with E-state index in [0.717, 1.165) is 30.7 Å². The number of ether oxygens (including phenoxy) is 1. The highest BCUT2D eigenvalue weighted by atomic mass is 35.5. The van der Waals surface area contributed by atoms with Gasteiger partial charge in [-0.25, -0.2) is 4.58 Å². The molecule has 2 aliphatic rings. The molecule has 1 aromatic carbocycles. The second-order valence-corrected chi connectivity index (χ2v) is 7.11. The molecule has 0 radical (unpaired) electrons. The van der Waals surface area contributed by atoms with Crippen LogP contribution in [0.1, 0.15) is 28.9 Å². The summed E-state index contributed by atoms with van der Waals surface area (Å²) in [6, 6.07) is 13.1. The Morgan fingerprint density at radius 3 is 2.80 bits per heavy atom. The van der Waals surface area contributed by atoms with E-state index in [4.69, 9.17) is 16.3 Å². The van der Waals surface area contributed by atoms with Gasteiger partial charge in [0.05, 0.1) is 11.3 Å². The van der Waals surface area contributed by atoms with E-state index in [1.54, 1.807) is 23.2 Å². The molecule has 0 unspecified atom stereocenters. The number of allylic oxidation sites excluding steroid dienone is 2. The van der Waals surface area contributed by atoms with Gasteiger partial charge in [-0.15, -0.1) is 0 Å². The number of halogens is 2. The molecule has 2 aromatic rings. The molecule has 4 rings (SSSR count). The standard InChI is InChI=1S/C23H21ClN3O2.ClH/c24-22-17-29-21-9-2-1-7-19(21)23(28)27(22)14-6-5-13-26-15-10-18(11-16-26)20-8-3-4-12-25-20;/h1-4,7-13,15,17H,5-6,14,16H2;1H/q+1;/p-1. The molecule has 3 heterocycles. The van der Waals surface area contributed by atoms with E-state index in [0.29, 0.717) is 23.0 Å². The van der Waals surface area contributed by atoms with E-state index >= 15 is 0 Å². The lowest BCUT2D eigenvalue weighted by Gasteiger charge is -2.19. The molecule has 0 aliphatic carbocycles. The first-order valence-electron chi connectivity index (χ1n) is 9.54. The number of nitrogens with zero attached hydrogens (tertiary/aromatic N) is 3. The molecule has 0 N–H and O–H groups in total. The predicted molar refractivity (Wildman–Crippen MR) is 114 cm³/mol. The second-order valence-electron chi connectivity index (χ2n) is 6.72. The average Bonchev–Trinajstić information content (AvgIpc) is 2.89. The molecule has 2 aliphatic heterocycles. The molecule has 0 bridgehead atoms. The first-order chi connectivity index (χ1) is 14.2. The van der Waals surface area contributed by atoms with Crippen LogP contribution in [0, 0.1) is 0 Å². The molecular weight excluding hydrogens is 421 g/mol. The lowest BCUT2D eigenvalue weighted by atomic mass is 10.1. The van der Waals surface area contributed by atoms with Crippen LogP contribution in [0.2, 0.25) is 0 Å². The Morgan fingerprint density at radius 2 is 2.03 bits per heavy atom. The topological polar surface area (TPSA) is 45.4 Å². The number of hydrogen-bond donors (Lipinski definition) is 0. The van der Waals surface area contributed by atoms with E-state index in [1.165, 1.54) is 6.26 Å². The van der Waals surface area contributed by atoms with Gasteiger partial charge in [-0.3, -0.25) is 14.7 Å². The van der Waals surface area contributed by atoms with Gasteiger partial charge in [0.25, 0.3) is 5.91 Å². The van der Waals surface area contributed by atoms with Gasteiger partial charge in [-0.2, -0.15) is 0 Å². The Bertz CT molecular complexity index is 1030. The summed E-state index contributed by atoms with van der Waals surface area (Å²) in [6.07, 6.45) is 13.2. The number of para-hydroxylation sites is 1. The zero-order chi connectivity index (χ0) is 20.1. The van der Waals surface area contributed by atoms with Crippen molar-refractivity contribution in [1.82, 2.24) is 9.88 Å². The van der Waals surface area contributed by atoms with Crippen molar-refractivity contribution in [2.24, 2.45) is 0 Å². The molecule has 1 amide bonds. The minimum atomic E-state index is -0.139. The normalized spacial score (nSPS) is 16.8. The highest BCUT2D eigenvalue weighted by molar-refractivity contribution is 6.30. The molecule has 0 atom stereocenters. The lowest BCUT2D eigenvalue weighted by molar-refractivity contribution is -0.442. The molecule has 154 valence electrons. The van der Waals surface area contributed by atoms with Gasteiger partial charge in [0, 0.05) is 30.8 Å². The molecule has 0 saturated heterocycles. The van der Waals surface area contributed by atoms with Crippen LogP contribution >= 0.6 is 11.6 Å². The van der Waals surface area contributed by atoms with E-state index in [-0.39, 0.29) is 18.3 Å². The quantitative estimate of drug-likeness (QED) is 0.400. The average molecular weight is 442 g/mol. The summed E-state index contributed by atoms with van der Waals surface area (Å²) in [5.41, 5.74) is 2.63. The lowest BCUT2D eigenvalue weighted by Crippen LogP contribution is -3.00. The summed E-state index contributed by atoms with van der Waals surface area (Å²) < 4.78 is 7.65. The maximum atomic E-state index is 12.8. The number of benzene rings is 1. The summed E-state index contributed by atoms with van der Waals surface area (Å²) in [7, 11) is 0. The Hall–Kier alpha value is -2.89. The summed E-state index contributed by atoms with van der Waals surface area (Å²) in [6.45, 7) is 1.32. The summed E-state index contributed by atoms with van der Waals surface area (Å²) >= 11 is 6.27. The number of carbonyl (C=O) groups is 1. The van der Waals surface area contributed by atoms with Crippen molar-refractivity contribution in [3.63, 3.8) is 0 Å². The second kappa shape index (κ2) is 10.2. The summed E-state index contributed by atoms with van der Waals surface area (Å²) in [4.78, 5) is 18.7. The third-order valence-electron chi connectivity index (χ3n) is 4.78. The van der Waals surface area contributed by atoms with Gasteiger partial charge < -0.3 is 17.1 Å². The van der Waals surface area contributed by atoms with Crippen LogP contribution in [0.25, 0.3) is 5.57 Å². The van der Waals surface area contributed by atoms with Gasteiger partial charge in [-0.1, -0.05) is 29.8 Å². The molecule has 5 nitrogen and oxygen atoms in total. The van der Waals surface area contributed by atoms with E-state index in [1.807, 2.05) is 30.3 Å². The molecule has 30 heavy (non-hydrogen) atoms. The van der Waals surface area contributed by atoms with Crippen LogP contribution in [0.3, 0.4) is 0 Å². The molecule has 0 fully saturated rings. The van der Waals surface area contributed by atoms with E-state index in [9.17, 15) is 4.79 Å². The number of aromatic nitrogens is 1. The van der Waals surface area contributed by atoms with Crippen LogP contribution in [-0.2, 0) is 0 Å². The fourth-order valence-corrected chi connectivity index (χ4v) is 3.45. The first-order valence-corrected chi connectivity index (χ1v) is 9.92. The number of hydrogen-bond acceptors (Lipinski definition) is 3. The number of fused-ring (bicyclic) bond motifs is 1. The minimum absolute atomic E-state index is 0. The third kappa shape index (κ3) is 4.99. The summed E-state index contributed by atoms with van der Waals surface area (Å²) in [5, 5.41) is 0.298. The highest BCUT2D eigenvalue weighted by Crippen LogP contribution is 2.27. The smallest absolute Gasteiger partial charge is 0.262 e. The van der Waals surface area contributed by atoms with Crippen molar-refractivity contribution in [1.29, 1.82) is 0 Å².